The first kappa shape index (κ1) is 29.2. The zero-order chi connectivity index (χ0) is 22.5. The van der Waals surface area contributed by atoms with Gasteiger partial charge < -0.3 is 24.8 Å². The van der Waals surface area contributed by atoms with E-state index in [0.717, 1.165) is 24.0 Å². The molecule has 2 aromatic carbocycles. The minimum atomic E-state index is -0.842. The third kappa shape index (κ3) is 7.23. The maximum atomic E-state index is 13.2. The first-order valence-corrected chi connectivity index (χ1v) is 16.1. The van der Waals surface area contributed by atoms with Gasteiger partial charge in [-0.2, -0.15) is 0 Å². The summed E-state index contributed by atoms with van der Waals surface area (Å²) in [7, 11) is 0.543. The Hall–Kier alpha value is -1.06. The molecule has 2 aromatic rings. The van der Waals surface area contributed by atoms with Gasteiger partial charge >= 0.3 is 171 Å². The maximum Gasteiger partial charge on any atom is -1.00 e. The summed E-state index contributed by atoms with van der Waals surface area (Å²) < 4.78 is 29.6. The zero-order valence-electron chi connectivity index (χ0n) is 19.7. The molecule has 34 heavy (non-hydrogen) atoms. The molecule has 0 atom stereocenters. The van der Waals surface area contributed by atoms with Crippen LogP contribution in [0.2, 0.25) is 12.1 Å². The van der Waals surface area contributed by atoms with Crippen LogP contribution in [0.4, 0.5) is 8.78 Å². The average molecular weight is 595 g/mol. The number of rotatable bonds is 4. The summed E-state index contributed by atoms with van der Waals surface area (Å²) >= 11 is -0.842. The normalized spacial score (nSPS) is 16.7. The van der Waals surface area contributed by atoms with Gasteiger partial charge in [-0.1, -0.05) is 24.9 Å². The van der Waals surface area contributed by atoms with Crippen LogP contribution in [0.15, 0.2) is 78.4 Å². The van der Waals surface area contributed by atoms with Crippen molar-refractivity contribution < 1.29 is 56.8 Å². The molecule has 6 heteroatoms. The first-order valence-electron chi connectivity index (χ1n) is 11.6. The monoisotopic (exact) mass is 592 g/mol. The van der Waals surface area contributed by atoms with Gasteiger partial charge in [-0.25, -0.2) is 0 Å². The minimum absolute atomic E-state index is 0. The number of hydrogen-bond acceptors (Lipinski definition) is 0. The summed E-state index contributed by atoms with van der Waals surface area (Å²) in [4.78, 5) is 0. The van der Waals surface area contributed by atoms with Gasteiger partial charge in [-0.05, 0) is 0 Å². The van der Waals surface area contributed by atoms with Crippen molar-refractivity contribution in [1.82, 2.24) is 0 Å². The summed E-state index contributed by atoms with van der Waals surface area (Å²) in [5.74, 6) is -0.386. The van der Waals surface area contributed by atoms with E-state index in [0.29, 0.717) is 9.52 Å². The Morgan fingerprint density at radius 1 is 0.647 bits per heavy atom. The molecule has 1 aliphatic heterocycles. The van der Waals surface area contributed by atoms with Crippen LogP contribution in [-0.2, 0) is 23.2 Å². The summed E-state index contributed by atoms with van der Waals surface area (Å²) in [6.07, 6.45) is 9.75. The molecule has 3 aliphatic rings. The van der Waals surface area contributed by atoms with Gasteiger partial charge in [0.05, 0.1) is 0 Å². The van der Waals surface area contributed by atoms with Gasteiger partial charge in [0.15, 0.2) is 0 Å². The molecule has 0 aromatic heterocycles. The minimum Gasteiger partial charge on any atom is -1.00 e. The maximum absolute atomic E-state index is 13.2. The van der Waals surface area contributed by atoms with Crippen molar-refractivity contribution in [2.24, 2.45) is 0 Å². The number of benzene rings is 2. The van der Waals surface area contributed by atoms with Crippen LogP contribution < -0.4 is 24.8 Å². The van der Waals surface area contributed by atoms with Gasteiger partial charge in [-0.3, -0.25) is 0 Å². The van der Waals surface area contributed by atoms with Crippen molar-refractivity contribution in [2.45, 2.75) is 51.6 Å². The molecule has 1 saturated heterocycles. The van der Waals surface area contributed by atoms with Crippen molar-refractivity contribution in [1.29, 1.82) is 0 Å². The summed E-state index contributed by atoms with van der Waals surface area (Å²) in [5.41, 5.74) is 7.48. The molecular formula is C28H30Cl2F2SiZr. The van der Waals surface area contributed by atoms with Gasteiger partial charge in [0, 0.05) is 9.52 Å². The Balaban J connectivity index is 0.000000520. The van der Waals surface area contributed by atoms with Crippen molar-refractivity contribution >= 4 is 20.7 Å². The Kier molecular flexibility index (Phi) is 11.9. The Labute approximate surface area is 228 Å². The van der Waals surface area contributed by atoms with Crippen LogP contribution in [-0.4, -0.2) is 9.52 Å². The van der Waals surface area contributed by atoms with E-state index in [1.165, 1.54) is 46.6 Å². The van der Waals surface area contributed by atoms with Crippen LogP contribution in [0.5, 0.6) is 0 Å². The van der Waals surface area contributed by atoms with E-state index in [1.807, 2.05) is 24.3 Å². The van der Waals surface area contributed by atoms with Crippen LogP contribution >= 0.6 is 0 Å². The van der Waals surface area contributed by atoms with Gasteiger partial charge in [0.2, 0.25) is 0 Å². The molecule has 0 spiro atoms. The molecule has 0 saturated carbocycles. The topological polar surface area (TPSA) is 0 Å². The van der Waals surface area contributed by atoms with E-state index in [2.05, 4.69) is 26.0 Å². The standard InChI is InChI=1S/2C12H10F.C4H10Si.2ClH.Zr/c2*1-9-3-2-4-12(9)10-5-7-11(13)8-6-10;1-2-4-5-3-1;;;/h2*4-8H,2H2,1H3;1-5H2;2*1H;/q;;;;;+2/p-2. The van der Waals surface area contributed by atoms with Gasteiger partial charge in [0.25, 0.3) is 0 Å². The Morgan fingerprint density at radius 3 is 1.35 bits per heavy atom. The van der Waals surface area contributed by atoms with Crippen molar-refractivity contribution in [3.63, 3.8) is 0 Å². The Morgan fingerprint density at radius 2 is 1.03 bits per heavy atom. The summed E-state index contributed by atoms with van der Waals surface area (Å²) in [6, 6.07) is 16.9. The van der Waals surface area contributed by atoms with Crippen molar-refractivity contribution in [3.05, 3.63) is 101 Å². The van der Waals surface area contributed by atoms with E-state index < -0.39 is 23.2 Å². The molecule has 5 rings (SSSR count). The molecule has 178 valence electrons. The number of hydrogen-bond donors (Lipinski definition) is 0. The van der Waals surface area contributed by atoms with Crippen molar-refractivity contribution in [3.8, 4) is 0 Å². The molecule has 0 unspecified atom stereocenters. The molecule has 0 bridgehead atoms. The predicted molar refractivity (Wildman–Crippen MR) is 131 cm³/mol. The second kappa shape index (κ2) is 13.9. The van der Waals surface area contributed by atoms with Crippen LogP contribution in [0.3, 0.4) is 0 Å². The molecular weight excluding hydrogens is 565 g/mol. The Bertz CT molecular complexity index is 1010. The van der Waals surface area contributed by atoms with Crippen LogP contribution in [0.1, 0.15) is 50.7 Å². The van der Waals surface area contributed by atoms with Gasteiger partial charge in [-0.15, -0.1) is 0 Å². The summed E-state index contributed by atoms with van der Waals surface area (Å²) in [5, 5.41) is 0. The zero-order valence-corrected chi connectivity index (χ0v) is 25.1. The van der Waals surface area contributed by atoms with E-state index in [-0.39, 0.29) is 36.4 Å². The van der Waals surface area contributed by atoms with Crippen molar-refractivity contribution in [2.75, 3.05) is 0 Å². The first-order chi connectivity index (χ1) is 15.5. The molecule has 2 aliphatic carbocycles. The molecule has 1 heterocycles. The predicted octanol–water partition coefficient (Wildman–Crippen LogP) is 1.66. The van der Waals surface area contributed by atoms with E-state index in [9.17, 15) is 8.78 Å². The SMILES string of the molecule is C1CC[SiH2]C1.CC1=[C]([Zr+2][C]2=C(C)C(c3ccc(F)cc3)=CC2)CC=C1c1ccc(F)cc1.[Cl-].[Cl-]. The van der Waals surface area contributed by atoms with E-state index >= 15 is 0 Å². The fourth-order valence-electron chi connectivity index (χ4n) is 4.63. The molecule has 0 amide bonds. The van der Waals surface area contributed by atoms with E-state index in [4.69, 9.17) is 0 Å². The number of allylic oxidation sites excluding steroid dienone is 8. The average Bonchev–Trinajstić information content (AvgIpc) is 3.55. The second-order valence-electron chi connectivity index (χ2n) is 8.76. The smallest absolute Gasteiger partial charge is 1.00 e. The molecule has 0 nitrogen and oxygen atoms in total. The van der Waals surface area contributed by atoms with Crippen LogP contribution in [0.25, 0.3) is 11.1 Å². The van der Waals surface area contributed by atoms with Crippen LogP contribution in [0, 0.1) is 11.6 Å². The third-order valence-corrected chi connectivity index (χ3v) is 12.9. The van der Waals surface area contributed by atoms with Gasteiger partial charge in [0.1, 0.15) is 0 Å². The fourth-order valence-corrected chi connectivity index (χ4v) is 9.88. The number of halogens is 4. The second-order valence-corrected chi connectivity index (χ2v) is 14.5. The third-order valence-electron chi connectivity index (χ3n) is 6.60. The molecule has 0 N–H and O–H groups in total. The summed E-state index contributed by atoms with van der Waals surface area (Å²) in [6.45, 7) is 4.41. The molecule has 0 radical (unpaired) electrons. The largest absolute Gasteiger partial charge is 1.00 e. The van der Waals surface area contributed by atoms with E-state index in [1.54, 1.807) is 31.5 Å². The fraction of sp³-hybridized carbons (Fsp3) is 0.286. The quantitative estimate of drug-likeness (QED) is 0.473. The molecule has 1 fully saturated rings.